The van der Waals surface area contributed by atoms with Crippen molar-refractivity contribution in [2.75, 3.05) is 6.61 Å². The topological polar surface area (TPSA) is 56.1 Å². The first kappa shape index (κ1) is 16.1. The second-order valence-electron chi connectivity index (χ2n) is 5.18. The lowest BCUT2D eigenvalue weighted by atomic mass is 10.2. The lowest BCUT2D eigenvalue weighted by Crippen LogP contribution is -2.26. The fraction of sp³-hybridized carbons (Fsp3) is 0.412. The Morgan fingerprint density at radius 1 is 1.23 bits per heavy atom. The molecule has 2 aromatic rings. The largest absolute Gasteiger partial charge is 0.494 e. The van der Waals surface area contributed by atoms with E-state index in [4.69, 9.17) is 4.74 Å². The molecule has 1 amide bonds. The number of carbonyl (C=O) groups excluding carboxylic acids is 1. The Bertz CT molecular complexity index is 550. The molecule has 0 unspecified atom stereocenters. The summed E-state index contributed by atoms with van der Waals surface area (Å²) in [5.41, 5.74) is 1.03. The van der Waals surface area contributed by atoms with Crippen molar-refractivity contribution in [2.24, 2.45) is 0 Å². The van der Waals surface area contributed by atoms with Crippen LogP contribution in [0.4, 0.5) is 4.79 Å². The number of hydrogen-bond acceptors (Lipinski definition) is 3. The highest BCUT2D eigenvalue weighted by molar-refractivity contribution is 5.76. The quantitative estimate of drug-likeness (QED) is 0.758. The fourth-order valence-electron chi connectivity index (χ4n) is 2.07. The van der Waals surface area contributed by atoms with Crippen molar-refractivity contribution < 1.29 is 9.53 Å². The van der Waals surface area contributed by atoms with Crippen LogP contribution in [-0.4, -0.2) is 22.2 Å². The van der Waals surface area contributed by atoms with Gasteiger partial charge in [-0.3, -0.25) is 4.57 Å². The lowest BCUT2D eigenvalue weighted by Gasteiger charge is -2.08. The highest BCUT2D eigenvalue weighted by Gasteiger charge is 2.03. The van der Waals surface area contributed by atoms with Crippen LogP contribution in [0, 0.1) is 0 Å². The van der Waals surface area contributed by atoms with Crippen LogP contribution in [-0.2, 0) is 6.54 Å². The number of carbonyl (C=O) groups is 1. The summed E-state index contributed by atoms with van der Waals surface area (Å²) in [7, 11) is 0. The van der Waals surface area contributed by atoms with Crippen molar-refractivity contribution in [3.63, 3.8) is 0 Å². The molecule has 1 aromatic heterocycles. The monoisotopic (exact) mass is 301 g/mol. The molecule has 5 nitrogen and oxygen atoms in total. The molecule has 0 saturated heterocycles. The predicted octanol–water partition coefficient (Wildman–Crippen LogP) is 3.60. The Balaban J connectivity index is 1.71. The molecular formula is C17H23N3O2. The number of ether oxygens (including phenoxy) is 1. The number of benzene rings is 1. The number of hydrogen-bond donors (Lipinski definition) is 1. The van der Waals surface area contributed by atoms with Crippen LogP contribution in [0.2, 0.25) is 0 Å². The van der Waals surface area contributed by atoms with Crippen LogP contribution in [0.3, 0.4) is 0 Å². The van der Waals surface area contributed by atoms with E-state index in [2.05, 4.69) is 17.2 Å². The van der Waals surface area contributed by atoms with Gasteiger partial charge < -0.3 is 10.1 Å². The molecule has 0 fully saturated rings. The van der Waals surface area contributed by atoms with Crippen LogP contribution in [0.1, 0.15) is 38.2 Å². The van der Waals surface area contributed by atoms with Crippen molar-refractivity contribution in [1.82, 2.24) is 14.9 Å². The highest BCUT2D eigenvalue weighted by Crippen LogP contribution is 2.13. The van der Waals surface area contributed by atoms with Crippen molar-refractivity contribution in [2.45, 2.75) is 39.2 Å². The van der Waals surface area contributed by atoms with Crippen LogP contribution < -0.4 is 10.1 Å². The summed E-state index contributed by atoms with van der Waals surface area (Å²) in [6, 6.07) is 7.64. The number of amides is 1. The SMILES string of the molecule is CCCCCCOc1ccc(CNC(=O)n2ccnc2)cc1. The van der Waals surface area contributed by atoms with Gasteiger partial charge in [-0.25, -0.2) is 9.78 Å². The predicted molar refractivity (Wildman–Crippen MR) is 85.9 cm³/mol. The summed E-state index contributed by atoms with van der Waals surface area (Å²) in [5.74, 6) is 0.876. The maximum atomic E-state index is 11.8. The normalized spacial score (nSPS) is 10.4. The molecule has 0 atom stereocenters. The first-order valence-electron chi connectivity index (χ1n) is 7.77. The molecule has 0 bridgehead atoms. The molecule has 0 aliphatic heterocycles. The van der Waals surface area contributed by atoms with E-state index in [1.807, 2.05) is 24.3 Å². The fourth-order valence-corrected chi connectivity index (χ4v) is 2.07. The Labute approximate surface area is 131 Å². The van der Waals surface area contributed by atoms with Gasteiger partial charge in [0.1, 0.15) is 12.1 Å². The minimum atomic E-state index is -0.186. The summed E-state index contributed by atoms with van der Waals surface area (Å²) < 4.78 is 7.10. The minimum Gasteiger partial charge on any atom is -0.494 e. The van der Waals surface area contributed by atoms with Crippen LogP contribution in [0.5, 0.6) is 5.75 Å². The number of nitrogens with one attached hydrogen (secondary N) is 1. The van der Waals surface area contributed by atoms with Gasteiger partial charge in [0.2, 0.25) is 0 Å². The Morgan fingerprint density at radius 2 is 2.05 bits per heavy atom. The van der Waals surface area contributed by atoms with Gasteiger partial charge in [0.25, 0.3) is 0 Å². The smallest absolute Gasteiger partial charge is 0.327 e. The minimum absolute atomic E-state index is 0.186. The maximum absolute atomic E-state index is 11.8. The van der Waals surface area contributed by atoms with E-state index in [1.165, 1.54) is 30.2 Å². The summed E-state index contributed by atoms with van der Waals surface area (Å²) in [6.07, 6.45) is 9.48. The maximum Gasteiger partial charge on any atom is 0.327 e. The molecule has 1 aromatic carbocycles. The van der Waals surface area contributed by atoms with Gasteiger partial charge in [-0.15, -0.1) is 0 Å². The Hall–Kier alpha value is -2.30. The van der Waals surface area contributed by atoms with Crippen molar-refractivity contribution in [1.29, 1.82) is 0 Å². The summed E-state index contributed by atoms with van der Waals surface area (Å²) in [6.45, 7) is 3.44. The molecule has 0 spiro atoms. The zero-order valence-corrected chi connectivity index (χ0v) is 13.0. The third kappa shape index (κ3) is 5.24. The number of aromatic nitrogens is 2. The first-order valence-corrected chi connectivity index (χ1v) is 7.77. The van der Waals surface area contributed by atoms with E-state index in [0.29, 0.717) is 6.54 Å². The molecule has 5 heteroatoms. The van der Waals surface area contributed by atoms with Crippen molar-refractivity contribution in [3.8, 4) is 5.75 Å². The lowest BCUT2D eigenvalue weighted by molar-refractivity contribution is 0.242. The van der Waals surface area contributed by atoms with Crippen LogP contribution in [0.15, 0.2) is 43.0 Å². The van der Waals surface area contributed by atoms with Gasteiger partial charge in [-0.2, -0.15) is 0 Å². The first-order chi connectivity index (χ1) is 10.8. The average molecular weight is 301 g/mol. The third-order valence-corrected chi connectivity index (χ3v) is 3.37. The average Bonchev–Trinajstić information content (AvgIpc) is 3.08. The molecule has 0 aliphatic carbocycles. The van der Waals surface area contributed by atoms with Gasteiger partial charge >= 0.3 is 6.03 Å². The summed E-state index contributed by atoms with van der Waals surface area (Å²) in [4.78, 5) is 15.6. The van der Waals surface area contributed by atoms with E-state index < -0.39 is 0 Å². The Kier molecular flexibility index (Phi) is 6.48. The molecular weight excluding hydrogens is 278 g/mol. The Morgan fingerprint density at radius 3 is 2.73 bits per heavy atom. The number of imidazole rings is 1. The zero-order chi connectivity index (χ0) is 15.6. The third-order valence-electron chi connectivity index (χ3n) is 3.37. The zero-order valence-electron chi connectivity index (χ0n) is 13.0. The van der Waals surface area contributed by atoms with Crippen molar-refractivity contribution >= 4 is 6.03 Å². The van der Waals surface area contributed by atoms with Crippen LogP contribution >= 0.6 is 0 Å². The number of nitrogens with zero attached hydrogens (tertiary/aromatic N) is 2. The van der Waals surface area contributed by atoms with E-state index >= 15 is 0 Å². The van der Waals surface area contributed by atoms with Gasteiger partial charge in [-0.1, -0.05) is 38.3 Å². The van der Waals surface area contributed by atoms with Crippen LogP contribution in [0.25, 0.3) is 0 Å². The molecule has 2 rings (SSSR count). The van der Waals surface area contributed by atoms with Gasteiger partial charge in [-0.05, 0) is 24.1 Å². The van der Waals surface area contributed by atoms with E-state index in [1.54, 1.807) is 12.4 Å². The van der Waals surface area contributed by atoms with E-state index in [0.717, 1.165) is 24.3 Å². The summed E-state index contributed by atoms with van der Waals surface area (Å²) >= 11 is 0. The van der Waals surface area contributed by atoms with Crippen molar-refractivity contribution in [3.05, 3.63) is 48.5 Å². The molecule has 0 radical (unpaired) electrons. The molecule has 0 aliphatic rings. The van der Waals surface area contributed by atoms with Gasteiger partial charge in [0, 0.05) is 18.9 Å². The number of rotatable bonds is 8. The molecule has 118 valence electrons. The second kappa shape index (κ2) is 8.87. The molecule has 1 N–H and O–H groups in total. The van der Waals surface area contributed by atoms with Gasteiger partial charge in [0.15, 0.2) is 0 Å². The molecule has 0 saturated carbocycles. The highest BCUT2D eigenvalue weighted by atomic mass is 16.5. The second-order valence-corrected chi connectivity index (χ2v) is 5.18. The summed E-state index contributed by atoms with van der Waals surface area (Å²) in [5, 5.41) is 2.83. The molecule has 22 heavy (non-hydrogen) atoms. The number of unbranched alkanes of at least 4 members (excludes halogenated alkanes) is 3. The standard InChI is InChI=1S/C17H23N3O2/c1-2-3-4-5-12-22-16-8-6-15(7-9-16)13-19-17(21)20-11-10-18-14-20/h6-11,14H,2-5,12-13H2,1H3,(H,19,21). The van der Waals surface area contributed by atoms with Gasteiger partial charge in [0.05, 0.1) is 6.61 Å². The van der Waals surface area contributed by atoms with E-state index in [-0.39, 0.29) is 6.03 Å². The van der Waals surface area contributed by atoms with E-state index in [9.17, 15) is 4.79 Å². The molecule has 1 heterocycles.